The lowest BCUT2D eigenvalue weighted by atomic mass is 10.2. The van der Waals surface area contributed by atoms with Gasteiger partial charge in [-0.3, -0.25) is 0 Å². The second kappa shape index (κ2) is 3.18. The Kier molecular flexibility index (Phi) is 2.49. The maximum atomic E-state index is 4.43. The number of likely N-dealkylation sites (N-methyl/N-ethyl adjacent to an activating group) is 1. The van der Waals surface area contributed by atoms with Crippen molar-refractivity contribution >= 4 is 0 Å². The van der Waals surface area contributed by atoms with Crippen molar-refractivity contribution in [3.63, 3.8) is 0 Å². The molecular weight excluding hydrogens is 112 g/mol. The quantitative estimate of drug-likeness (QED) is 0.522. The number of nitrogens with zero attached hydrogens (tertiary/aromatic N) is 2. The monoisotopic (exact) mass is 127 g/mol. The minimum atomic E-state index is 0.639. The third-order valence-corrected chi connectivity index (χ3v) is 1.66. The van der Waals surface area contributed by atoms with E-state index in [4.69, 9.17) is 0 Å². The van der Waals surface area contributed by atoms with E-state index < -0.39 is 0 Å². The molecule has 0 bridgehead atoms. The Hall–Kier alpha value is -0.0800. The van der Waals surface area contributed by atoms with Crippen LogP contribution in [0.3, 0.4) is 0 Å². The highest BCUT2D eigenvalue weighted by molar-refractivity contribution is 4.75. The highest BCUT2D eigenvalue weighted by Gasteiger charge is 2.15. The molecule has 0 aromatic heterocycles. The smallest absolute Gasteiger partial charge is 0.0373 e. The first-order valence-corrected chi connectivity index (χ1v) is 3.60. The van der Waals surface area contributed by atoms with Crippen molar-refractivity contribution < 1.29 is 0 Å². The Labute approximate surface area is 57.2 Å². The van der Waals surface area contributed by atoms with E-state index in [0.717, 1.165) is 13.1 Å². The Bertz CT molecular complexity index is 75.0. The van der Waals surface area contributed by atoms with Crippen LogP contribution in [0, 0.1) is 0 Å². The normalized spacial score (nSPS) is 27.7. The van der Waals surface area contributed by atoms with Gasteiger partial charge in [-0.2, -0.15) is 0 Å². The summed E-state index contributed by atoms with van der Waals surface area (Å²) in [5, 5.41) is 4.43. The highest BCUT2D eigenvalue weighted by atomic mass is 15.1. The summed E-state index contributed by atoms with van der Waals surface area (Å²) in [6.45, 7) is 2.23. The van der Waals surface area contributed by atoms with E-state index in [-0.39, 0.29) is 0 Å². The summed E-state index contributed by atoms with van der Waals surface area (Å²) in [6, 6.07) is 0.639. The molecule has 1 radical (unpaired) electrons. The van der Waals surface area contributed by atoms with Gasteiger partial charge in [-0.25, -0.2) is 5.32 Å². The standard InChI is InChI=1S/C7H15N2/c1-9(2)6-7-4-3-5-8-7/h7H,3-6H2,1-2H3/t7-/m1/s1. The topological polar surface area (TPSA) is 17.3 Å². The average Bonchev–Trinajstić information content (AvgIpc) is 2.15. The maximum absolute atomic E-state index is 4.43. The van der Waals surface area contributed by atoms with Gasteiger partial charge in [0.05, 0.1) is 0 Å². The van der Waals surface area contributed by atoms with Crippen LogP contribution in [-0.2, 0) is 0 Å². The van der Waals surface area contributed by atoms with Gasteiger partial charge in [0, 0.05) is 19.1 Å². The molecule has 2 nitrogen and oxygen atoms in total. The zero-order valence-electron chi connectivity index (χ0n) is 6.30. The fourth-order valence-corrected chi connectivity index (χ4v) is 1.26. The van der Waals surface area contributed by atoms with Gasteiger partial charge in [0.2, 0.25) is 0 Å². The van der Waals surface area contributed by atoms with E-state index in [1.807, 2.05) is 0 Å². The molecule has 1 aliphatic rings. The fourth-order valence-electron chi connectivity index (χ4n) is 1.26. The van der Waals surface area contributed by atoms with Crippen LogP contribution in [0.25, 0.3) is 0 Å². The van der Waals surface area contributed by atoms with E-state index >= 15 is 0 Å². The van der Waals surface area contributed by atoms with Gasteiger partial charge in [-0.1, -0.05) is 0 Å². The summed E-state index contributed by atoms with van der Waals surface area (Å²) in [4.78, 5) is 2.21. The minimum absolute atomic E-state index is 0.639. The van der Waals surface area contributed by atoms with E-state index in [2.05, 4.69) is 24.3 Å². The molecule has 0 spiro atoms. The summed E-state index contributed by atoms with van der Waals surface area (Å²) < 4.78 is 0. The molecule has 1 aliphatic heterocycles. The van der Waals surface area contributed by atoms with Crippen LogP contribution in [0.2, 0.25) is 0 Å². The van der Waals surface area contributed by atoms with Crippen molar-refractivity contribution in [3.8, 4) is 0 Å². The van der Waals surface area contributed by atoms with Gasteiger partial charge < -0.3 is 4.90 Å². The molecule has 1 fully saturated rings. The number of hydrogen-bond acceptors (Lipinski definition) is 1. The molecule has 0 aromatic rings. The van der Waals surface area contributed by atoms with Gasteiger partial charge in [-0.15, -0.1) is 0 Å². The lowest BCUT2D eigenvalue weighted by molar-refractivity contribution is 0.355. The summed E-state index contributed by atoms with van der Waals surface area (Å²) in [5.74, 6) is 0. The highest BCUT2D eigenvalue weighted by Crippen LogP contribution is 2.06. The predicted molar refractivity (Wildman–Crippen MR) is 38.6 cm³/mol. The summed E-state index contributed by atoms with van der Waals surface area (Å²) in [5.41, 5.74) is 0. The molecule has 0 unspecified atom stereocenters. The third-order valence-electron chi connectivity index (χ3n) is 1.66. The Balaban J connectivity index is 2.11. The molecule has 1 rings (SSSR count). The molecule has 0 saturated carbocycles. The minimum Gasteiger partial charge on any atom is -0.308 e. The number of hydrogen-bond donors (Lipinski definition) is 0. The molecule has 2 heteroatoms. The van der Waals surface area contributed by atoms with Crippen LogP contribution in [0.4, 0.5) is 0 Å². The van der Waals surface area contributed by atoms with Crippen LogP contribution in [-0.4, -0.2) is 38.1 Å². The lowest BCUT2D eigenvalue weighted by Crippen LogP contribution is -2.29. The van der Waals surface area contributed by atoms with Crippen molar-refractivity contribution in [2.24, 2.45) is 0 Å². The molecule has 1 saturated heterocycles. The molecule has 0 N–H and O–H groups in total. The van der Waals surface area contributed by atoms with Crippen LogP contribution >= 0.6 is 0 Å². The van der Waals surface area contributed by atoms with E-state index in [9.17, 15) is 0 Å². The first kappa shape index (κ1) is 7.03. The van der Waals surface area contributed by atoms with Gasteiger partial charge >= 0.3 is 0 Å². The lowest BCUT2D eigenvalue weighted by Gasteiger charge is -2.14. The van der Waals surface area contributed by atoms with Crippen LogP contribution in [0.1, 0.15) is 12.8 Å². The molecule has 53 valence electrons. The van der Waals surface area contributed by atoms with Crippen molar-refractivity contribution in [1.29, 1.82) is 0 Å². The maximum Gasteiger partial charge on any atom is 0.0373 e. The van der Waals surface area contributed by atoms with Crippen LogP contribution < -0.4 is 5.32 Å². The predicted octanol–water partition coefficient (Wildman–Crippen LogP) is 0.315. The van der Waals surface area contributed by atoms with Crippen molar-refractivity contribution in [2.45, 2.75) is 18.9 Å². The average molecular weight is 127 g/mol. The number of rotatable bonds is 2. The molecular formula is C7H15N2. The zero-order chi connectivity index (χ0) is 6.69. The Morgan fingerprint density at radius 1 is 1.56 bits per heavy atom. The van der Waals surface area contributed by atoms with E-state index in [1.54, 1.807) is 0 Å². The zero-order valence-corrected chi connectivity index (χ0v) is 6.30. The largest absolute Gasteiger partial charge is 0.308 e. The second-order valence-corrected chi connectivity index (χ2v) is 2.96. The summed E-state index contributed by atoms with van der Waals surface area (Å²) >= 11 is 0. The van der Waals surface area contributed by atoms with Gasteiger partial charge in [0.15, 0.2) is 0 Å². The van der Waals surface area contributed by atoms with Gasteiger partial charge in [0.1, 0.15) is 0 Å². The van der Waals surface area contributed by atoms with Crippen molar-refractivity contribution in [3.05, 3.63) is 0 Å². The Morgan fingerprint density at radius 2 is 2.33 bits per heavy atom. The molecule has 9 heavy (non-hydrogen) atoms. The second-order valence-electron chi connectivity index (χ2n) is 2.96. The molecule has 1 atom stereocenters. The van der Waals surface area contributed by atoms with Gasteiger partial charge in [-0.05, 0) is 26.9 Å². The van der Waals surface area contributed by atoms with Crippen molar-refractivity contribution in [1.82, 2.24) is 10.2 Å². The van der Waals surface area contributed by atoms with Crippen LogP contribution in [0.5, 0.6) is 0 Å². The molecule has 0 amide bonds. The first-order chi connectivity index (χ1) is 4.29. The molecule has 0 aliphatic carbocycles. The van der Waals surface area contributed by atoms with Gasteiger partial charge in [0.25, 0.3) is 0 Å². The molecule has 1 heterocycles. The first-order valence-electron chi connectivity index (χ1n) is 3.60. The van der Waals surface area contributed by atoms with E-state index in [1.165, 1.54) is 12.8 Å². The van der Waals surface area contributed by atoms with Crippen molar-refractivity contribution in [2.75, 3.05) is 27.2 Å². The molecule has 0 aromatic carbocycles. The van der Waals surface area contributed by atoms with Crippen LogP contribution in [0.15, 0.2) is 0 Å². The Morgan fingerprint density at radius 3 is 2.78 bits per heavy atom. The third kappa shape index (κ3) is 2.33. The summed E-state index contributed by atoms with van der Waals surface area (Å²) in [6.07, 6.45) is 2.61. The summed E-state index contributed by atoms with van der Waals surface area (Å²) in [7, 11) is 4.21. The fraction of sp³-hybridized carbons (Fsp3) is 1.00. The SMILES string of the molecule is CN(C)C[C@H]1CCC[N]1. The van der Waals surface area contributed by atoms with E-state index in [0.29, 0.717) is 6.04 Å².